The van der Waals surface area contributed by atoms with Crippen molar-refractivity contribution >= 4 is 43.6 Å². The molecule has 121 heavy (non-hydrogen) atoms. The van der Waals surface area contributed by atoms with E-state index < -0.39 is 23.3 Å². The Kier molecular flexibility index (Phi) is 21.4. The molecular weight excluding hydrogens is 1530 g/mol. The Balaban J connectivity index is 0.000000111. The molecule has 0 amide bonds. The first kappa shape index (κ1) is 78.2. The van der Waals surface area contributed by atoms with E-state index in [1.54, 1.807) is 49.1 Å². The number of rotatable bonds is 15. The van der Waals surface area contributed by atoms with Crippen LogP contribution in [0.3, 0.4) is 0 Å². The van der Waals surface area contributed by atoms with Gasteiger partial charge in [-0.1, -0.05) is 66.7 Å². The van der Waals surface area contributed by atoms with Crippen molar-refractivity contribution in [2.24, 2.45) is 0 Å². The number of phenols is 1. The lowest BCUT2D eigenvalue weighted by Gasteiger charge is -2.11. The van der Waals surface area contributed by atoms with E-state index in [0.29, 0.717) is 47.6 Å². The highest BCUT2D eigenvalue weighted by atomic mass is 19.1. The van der Waals surface area contributed by atoms with Crippen molar-refractivity contribution in [3.8, 4) is 61.8 Å². The van der Waals surface area contributed by atoms with Gasteiger partial charge in [0.2, 0.25) is 0 Å². The minimum Gasteiger partial charge on any atom is -0.508 e. The SMILES string of the molecule is Cc1c(-c2ccc[nH]c2=O)c2cc3c(cc2n1Cc1ccc(F)cc1F)CCC3.Cc1c(-c2ccc[nH]c2=O)c2cc3c(cc2n1Cc1ccc(F)cc1F)CCO3.Cc1c(-c2ccc[nH]c2=O)c2cc3c(cc2n1Cc1ccc(OCc2ccccc2)cc1)CCC3.Cc1c(-c2ccc[nH]c2=O)c2cc3c(cc2n1Cc1cccc(O)c1)CCC3. The molecule has 0 spiro atoms. The van der Waals surface area contributed by atoms with E-state index >= 15 is 0 Å². The molecule has 8 aromatic heterocycles. The van der Waals surface area contributed by atoms with Gasteiger partial charge in [0.15, 0.2) is 0 Å². The number of H-pyrrole nitrogens is 4. The minimum atomic E-state index is -0.605. The molecule has 5 N–H and O–H groups in total. The van der Waals surface area contributed by atoms with Gasteiger partial charge in [0.05, 0.1) is 19.7 Å². The molecule has 1 aliphatic heterocycles. The molecule has 0 bridgehead atoms. The number of aromatic hydroxyl groups is 1. The smallest absolute Gasteiger partial charge is 0.255 e. The fraction of sp³-hybridized carbons (Fsp3) is 0.196. The number of pyridine rings is 4. The summed E-state index contributed by atoms with van der Waals surface area (Å²) in [6.07, 6.45) is 17.4. The van der Waals surface area contributed by atoms with Gasteiger partial charge >= 0.3 is 0 Å². The average Bonchev–Trinajstić information content (AvgIpc) is 1.61. The normalized spacial score (nSPS) is 13.0. The highest BCUT2D eigenvalue weighted by Crippen LogP contribution is 2.44. The number of aromatic amines is 4. The predicted molar refractivity (Wildman–Crippen MR) is 471 cm³/mol. The second-order valence-electron chi connectivity index (χ2n) is 31.9. The molecule has 606 valence electrons. The van der Waals surface area contributed by atoms with E-state index in [2.05, 4.69) is 104 Å². The summed E-state index contributed by atoms with van der Waals surface area (Å²) >= 11 is 0. The van der Waals surface area contributed by atoms with Crippen LogP contribution < -0.4 is 31.7 Å². The third kappa shape index (κ3) is 15.4. The Labute approximate surface area is 694 Å². The summed E-state index contributed by atoms with van der Waals surface area (Å²) in [7, 11) is 0. The molecule has 0 atom stereocenters. The van der Waals surface area contributed by atoms with Gasteiger partial charge in [0.25, 0.3) is 22.2 Å². The molecule has 0 unspecified atom stereocenters. The molecule has 21 rings (SSSR count). The monoisotopic (exact) mass is 1610 g/mol. The van der Waals surface area contributed by atoms with Crippen molar-refractivity contribution in [3.63, 3.8) is 0 Å². The van der Waals surface area contributed by atoms with E-state index in [4.69, 9.17) is 9.47 Å². The third-order valence-electron chi connectivity index (χ3n) is 24.5. The summed E-state index contributed by atoms with van der Waals surface area (Å²) in [4.78, 5) is 61.5. The van der Waals surface area contributed by atoms with Crippen molar-refractivity contribution in [2.75, 3.05) is 6.61 Å². The number of ether oxygens (including phenoxy) is 2. The lowest BCUT2D eigenvalue weighted by molar-refractivity contribution is 0.306. The maximum absolute atomic E-state index is 14.4. The number of aromatic nitrogens is 8. The van der Waals surface area contributed by atoms with Crippen molar-refractivity contribution < 1.29 is 32.1 Å². The lowest BCUT2D eigenvalue weighted by atomic mass is 10.0. The lowest BCUT2D eigenvalue weighted by Crippen LogP contribution is -2.08. The summed E-state index contributed by atoms with van der Waals surface area (Å²) in [6, 6.07) is 65.6. The van der Waals surface area contributed by atoms with Gasteiger partial charge in [-0.3, -0.25) is 19.2 Å². The number of phenolic OH excluding ortho intramolecular Hbond substituents is 1. The average molecular weight is 1610 g/mol. The Hall–Kier alpha value is -13.9. The molecule has 0 radical (unpaired) electrons. The molecule has 0 fully saturated rings. The van der Waals surface area contributed by atoms with Crippen LogP contribution >= 0.6 is 0 Å². The van der Waals surface area contributed by atoms with Gasteiger partial charge in [-0.15, -0.1) is 0 Å². The van der Waals surface area contributed by atoms with Crippen LogP contribution in [0.25, 0.3) is 88.1 Å². The summed E-state index contributed by atoms with van der Waals surface area (Å²) in [5, 5.41) is 14.0. The second kappa shape index (κ2) is 33.1. The van der Waals surface area contributed by atoms with Crippen LogP contribution in [0, 0.1) is 51.0 Å². The first-order valence-corrected chi connectivity index (χ1v) is 41.2. The highest BCUT2D eigenvalue weighted by molar-refractivity contribution is 6.02. The van der Waals surface area contributed by atoms with E-state index in [-0.39, 0.29) is 41.1 Å². The molecule has 0 saturated heterocycles. The quantitative estimate of drug-likeness (QED) is 0.0631. The van der Waals surface area contributed by atoms with Crippen LogP contribution in [0.15, 0.2) is 256 Å². The molecule has 3 aliphatic carbocycles. The number of halogens is 4. The predicted octanol–water partition coefficient (Wildman–Crippen LogP) is 20.7. The van der Waals surface area contributed by atoms with Crippen LogP contribution in [0.5, 0.6) is 17.2 Å². The summed E-state index contributed by atoms with van der Waals surface area (Å²) in [5.41, 5.74) is 27.6. The van der Waals surface area contributed by atoms with E-state index in [9.17, 15) is 41.8 Å². The Bertz CT molecular complexity index is 6960. The summed E-state index contributed by atoms with van der Waals surface area (Å²) in [5.74, 6) is -0.396. The van der Waals surface area contributed by atoms with Crippen LogP contribution in [0.2, 0.25) is 0 Å². The zero-order valence-corrected chi connectivity index (χ0v) is 67.5. The molecule has 0 saturated carbocycles. The number of aryl methyl sites for hydroxylation is 6. The Morgan fingerprint density at radius 3 is 1.12 bits per heavy atom. The maximum Gasteiger partial charge on any atom is 0.255 e. The van der Waals surface area contributed by atoms with Crippen molar-refractivity contribution in [1.29, 1.82) is 0 Å². The summed E-state index contributed by atoms with van der Waals surface area (Å²) < 4.78 is 75.8. The number of fused-ring (bicyclic) bond motifs is 8. The zero-order valence-electron chi connectivity index (χ0n) is 67.5. The maximum atomic E-state index is 14.4. The van der Waals surface area contributed by atoms with Gasteiger partial charge in [0.1, 0.15) is 47.1 Å². The van der Waals surface area contributed by atoms with E-state index in [1.165, 1.54) is 87.0 Å². The van der Waals surface area contributed by atoms with Crippen molar-refractivity contribution in [3.05, 3.63) is 391 Å². The molecule has 15 nitrogen and oxygen atoms in total. The number of hydrogen-bond donors (Lipinski definition) is 5. The fourth-order valence-electron chi connectivity index (χ4n) is 18.5. The van der Waals surface area contributed by atoms with Crippen LogP contribution in [0.1, 0.15) is 109 Å². The van der Waals surface area contributed by atoms with Crippen molar-refractivity contribution in [1.82, 2.24) is 38.2 Å². The Morgan fingerprint density at radius 2 is 0.727 bits per heavy atom. The zero-order chi connectivity index (χ0) is 83.3. The minimum absolute atomic E-state index is 0.0462. The molecule has 9 heterocycles. The van der Waals surface area contributed by atoms with Crippen LogP contribution in [-0.4, -0.2) is 49.9 Å². The van der Waals surface area contributed by atoms with Gasteiger partial charge in [0, 0.05) is 178 Å². The largest absolute Gasteiger partial charge is 0.508 e. The van der Waals surface area contributed by atoms with Gasteiger partial charge < -0.3 is 52.8 Å². The third-order valence-corrected chi connectivity index (χ3v) is 24.5. The molecular formula is C102H88F4N8O7. The van der Waals surface area contributed by atoms with Crippen LogP contribution in [-0.2, 0) is 77.7 Å². The number of benzene rings is 9. The van der Waals surface area contributed by atoms with Gasteiger partial charge in [-0.25, -0.2) is 17.6 Å². The number of nitrogens with one attached hydrogen (secondary N) is 4. The van der Waals surface area contributed by atoms with E-state index in [1.807, 2.05) is 114 Å². The fourth-order valence-corrected chi connectivity index (χ4v) is 18.5. The number of nitrogens with zero attached hydrogens (tertiary/aromatic N) is 4. The second-order valence-corrected chi connectivity index (χ2v) is 31.9. The topological polar surface area (TPSA) is 190 Å². The Morgan fingerprint density at radius 1 is 0.355 bits per heavy atom. The van der Waals surface area contributed by atoms with Gasteiger partial charge in [-0.2, -0.15) is 0 Å². The first-order valence-electron chi connectivity index (χ1n) is 41.2. The molecule has 19 heteroatoms. The molecule has 17 aromatic rings. The number of hydrogen-bond acceptors (Lipinski definition) is 7. The summed E-state index contributed by atoms with van der Waals surface area (Å²) in [6.45, 7) is 11.2. The molecule has 9 aromatic carbocycles. The van der Waals surface area contributed by atoms with Crippen LogP contribution in [0.4, 0.5) is 17.6 Å². The highest BCUT2D eigenvalue weighted by Gasteiger charge is 2.28. The molecule has 4 aliphatic rings. The van der Waals surface area contributed by atoms with Crippen molar-refractivity contribution in [2.45, 2.75) is 125 Å². The van der Waals surface area contributed by atoms with E-state index in [0.717, 1.165) is 182 Å². The first-order chi connectivity index (χ1) is 58.8. The standard InChI is InChI=1S/C31H28N2O2.C24H20F2N2O.C24H22N2O2.C23H18F2N2O2/c1-21-30(27-11-6-16-32-31(27)34)28-17-24-9-5-10-25(24)18-29(28)33(21)19-22-12-14-26(15-13-22)35-20-23-7-3-2-4-8-23;1-14-23(19-6-3-9-27-24(19)29)20-10-15-4-2-5-16(15)11-22(20)28(14)13-17-7-8-18(25)12-21(17)26;1-15-23(20-9-4-10-25-24(20)28)21-12-17-6-3-7-18(17)13-22(21)26(15)14-16-5-2-8-19(27)11-16;1-13-22(17-3-2-7-26-23(17)28)18-11-21-14(6-8-29-21)9-20(18)27(13)12-15-4-5-16(24)10-19(15)25/h2-4,6-8,11-18H,5,9-10,19-20H2,1H3,(H,32,34);3,6-12H,2,4-5,13H2,1H3,(H,27,29);2,4-5,8-13,27H,3,6-7,14H2,1H3,(H,25,28);2-5,7,9-11H,6,8,12H2,1H3,(H,26,28). The van der Waals surface area contributed by atoms with Gasteiger partial charge in [-0.05, 0) is 275 Å².